The van der Waals surface area contributed by atoms with E-state index in [1.807, 2.05) is 12.7 Å². The average molecular weight is 156 g/mol. The first-order valence-electron chi connectivity index (χ1n) is 3.39. The van der Waals surface area contributed by atoms with Gasteiger partial charge in [-0.3, -0.25) is 0 Å². The number of hydrazine groups is 1. The summed E-state index contributed by atoms with van der Waals surface area (Å²) in [6.45, 7) is 4.15. The van der Waals surface area contributed by atoms with E-state index in [0.29, 0.717) is 6.04 Å². The van der Waals surface area contributed by atoms with E-state index in [1.165, 1.54) is 11.3 Å². The van der Waals surface area contributed by atoms with E-state index in [4.69, 9.17) is 0 Å². The van der Waals surface area contributed by atoms with E-state index in [1.54, 1.807) is 0 Å². The molecule has 1 aliphatic heterocycles. The number of rotatable bonds is 0. The molecule has 1 aliphatic rings. The number of hydrogen-bond acceptors (Lipinski definition) is 2. The van der Waals surface area contributed by atoms with E-state index < -0.39 is 0 Å². The summed E-state index contributed by atoms with van der Waals surface area (Å²) < 4.78 is 0. The first-order chi connectivity index (χ1) is 4.79. The second-order valence-corrected chi connectivity index (χ2v) is 2.65. The zero-order valence-corrected chi connectivity index (χ0v) is 7.46. The van der Waals surface area contributed by atoms with Crippen molar-refractivity contribution >= 4 is 9.24 Å². The summed E-state index contributed by atoms with van der Waals surface area (Å²) in [6, 6.07) is 0.420. The van der Waals surface area contributed by atoms with Gasteiger partial charge in [0.25, 0.3) is 0 Å². The lowest BCUT2D eigenvalue weighted by molar-refractivity contribution is 0.625. The Morgan fingerprint density at radius 1 is 1.60 bits per heavy atom. The maximum Gasteiger partial charge on any atom is 0.0502 e. The van der Waals surface area contributed by atoms with Crippen molar-refractivity contribution < 1.29 is 0 Å². The van der Waals surface area contributed by atoms with Gasteiger partial charge in [0.1, 0.15) is 0 Å². The number of allylic oxidation sites excluding steroid dienone is 1. The fourth-order valence-electron chi connectivity index (χ4n) is 1.04. The maximum atomic E-state index is 3.12. The first-order valence-corrected chi connectivity index (χ1v) is 4.06. The van der Waals surface area contributed by atoms with Gasteiger partial charge in [0, 0.05) is 5.70 Å². The van der Waals surface area contributed by atoms with E-state index >= 15 is 0 Å². The van der Waals surface area contributed by atoms with E-state index in [2.05, 4.69) is 33.1 Å². The topological polar surface area (TPSA) is 24.1 Å². The van der Waals surface area contributed by atoms with Gasteiger partial charge in [-0.2, -0.15) is 0 Å². The number of nitrogens with one attached hydrogen (secondary N) is 2. The van der Waals surface area contributed by atoms with Crippen molar-refractivity contribution in [2.24, 2.45) is 0 Å². The van der Waals surface area contributed by atoms with Crippen LogP contribution in [0.3, 0.4) is 0 Å². The Kier molecular flexibility index (Phi) is 2.47. The summed E-state index contributed by atoms with van der Waals surface area (Å²) in [5.41, 5.74) is 8.70. The third kappa shape index (κ3) is 1.23. The Hall–Kier alpha value is -0.330. The Balaban J connectivity index is 2.84. The fraction of sp³-hybridized carbons (Fsp3) is 0.429. The van der Waals surface area contributed by atoms with Gasteiger partial charge in [-0.25, -0.2) is 5.43 Å². The lowest BCUT2D eigenvalue weighted by atomic mass is 10.1. The van der Waals surface area contributed by atoms with Crippen molar-refractivity contribution in [1.29, 1.82) is 0 Å². The van der Waals surface area contributed by atoms with Gasteiger partial charge in [-0.15, -0.1) is 9.24 Å². The molecule has 0 aromatic rings. The molecule has 0 amide bonds. The number of hydrogen-bond donors (Lipinski definition) is 2. The predicted octanol–water partition coefficient (Wildman–Crippen LogP) is 1.15. The molecule has 2 nitrogen and oxygen atoms in total. The van der Waals surface area contributed by atoms with Crippen LogP contribution in [-0.4, -0.2) is 6.04 Å². The highest BCUT2D eigenvalue weighted by atomic mass is 31.0. The molecular weight excluding hydrogens is 143 g/mol. The van der Waals surface area contributed by atoms with Gasteiger partial charge in [-0.1, -0.05) is 11.9 Å². The van der Waals surface area contributed by atoms with E-state index in [-0.39, 0.29) is 0 Å². The Labute approximate surface area is 63.9 Å². The highest BCUT2D eigenvalue weighted by Gasteiger charge is 2.17. The maximum absolute atomic E-state index is 3.12. The average Bonchev–Trinajstić information content (AvgIpc) is 2.30. The Morgan fingerprint density at radius 2 is 2.30 bits per heavy atom. The highest BCUT2D eigenvalue weighted by molar-refractivity contribution is 7.20. The summed E-state index contributed by atoms with van der Waals surface area (Å²) in [5, 5.41) is 0. The smallest absolute Gasteiger partial charge is 0.0502 e. The predicted molar refractivity (Wildman–Crippen MR) is 47.3 cm³/mol. The normalized spacial score (nSPS) is 33.3. The molecule has 1 heterocycles. The molecule has 56 valence electrons. The van der Waals surface area contributed by atoms with Crippen molar-refractivity contribution in [3.05, 3.63) is 23.2 Å². The summed E-state index contributed by atoms with van der Waals surface area (Å²) in [7, 11) is 2.62. The van der Waals surface area contributed by atoms with Gasteiger partial charge in [0.05, 0.1) is 6.04 Å². The standard InChI is InChI=1S/C7H13N2P/c1-3-7-6(4-10)5(2)8-9-7/h3-5,8-9H,10H2,1-2H3/b6-4-,7-3+. The minimum absolute atomic E-state index is 0.420. The van der Waals surface area contributed by atoms with Crippen molar-refractivity contribution in [1.82, 2.24) is 10.9 Å². The lowest BCUT2D eigenvalue weighted by Crippen LogP contribution is -2.27. The summed E-state index contributed by atoms with van der Waals surface area (Å²) in [6.07, 6.45) is 2.06. The van der Waals surface area contributed by atoms with Crippen molar-refractivity contribution in [3.8, 4) is 0 Å². The monoisotopic (exact) mass is 156 g/mol. The van der Waals surface area contributed by atoms with Crippen LogP contribution in [-0.2, 0) is 0 Å². The summed E-state index contributed by atoms with van der Waals surface area (Å²) in [5.74, 6) is 2.05. The van der Waals surface area contributed by atoms with Crippen LogP contribution >= 0.6 is 9.24 Å². The molecule has 2 N–H and O–H groups in total. The molecule has 0 aromatic carbocycles. The van der Waals surface area contributed by atoms with Gasteiger partial charge >= 0.3 is 0 Å². The summed E-state index contributed by atoms with van der Waals surface area (Å²) in [4.78, 5) is 0. The molecule has 1 saturated heterocycles. The molecule has 0 spiro atoms. The van der Waals surface area contributed by atoms with Gasteiger partial charge in [-0.05, 0) is 19.4 Å². The van der Waals surface area contributed by atoms with E-state index in [0.717, 1.165) is 0 Å². The van der Waals surface area contributed by atoms with Crippen LogP contribution in [0.25, 0.3) is 0 Å². The second kappa shape index (κ2) is 3.18. The SMILES string of the molecule is C/C=C1/NNC(C)/C1=C/P. The van der Waals surface area contributed by atoms with Crippen LogP contribution in [0.5, 0.6) is 0 Å². The molecule has 2 atom stereocenters. The van der Waals surface area contributed by atoms with Crippen LogP contribution in [0.15, 0.2) is 23.2 Å². The Morgan fingerprint density at radius 3 is 2.70 bits per heavy atom. The van der Waals surface area contributed by atoms with Crippen LogP contribution < -0.4 is 10.9 Å². The Bertz CT molecular complexity index is 184. The van der Waals surface area contributed by atoms with Crippen molar-refractivity contribution in [2.75, 3.05) is 0 Å². The molecule has 3 heteroatoms. The van der Waals surface area contributed by atoms with Crippen LogP contribution in [0.1, 0.15) is 13.8 Å². The van der Waals surface area contributed by atoms with Crippen molar-refractivity contribution in [2.45, 2.75) is 19.9 Å². The molecular formula is C7H13N2P. The zero-order valence-electron chi connectivity index (χ0n) is 6.31. The molecule has 2 unspecified atom stereocenters. The van der Waals surface area contributed by atoms with Crippen LogP contribution in [0, 0.1) is 0 Å². The largest absolute Gasteiger partial charge is 0.321 e. The quantitative estimate of drug-likeness (QED) is 0.514. The minimum atomic E-state index is 0.420. The molecule has 10 heavy (non-hydrogen) atoms. The molecule has 0 radical (unpaired) electrons. The third-order valence-electron chi connectivity index (χ3n) is 1.67. The van der Waals surface area contributed by atoms with Crippen LogP contribution in [0.4, 0.5) is 0 Å². The van der Waals surface area contributed by atoms with Crippen LogP contribution in [0.2, 0.25) is 0 Å². The lowest BCUT2D eigenvalue weighted by Gasteiger charge is -1.99. The van der Waals surface area contributed by atoms with E-state index in [9.17, 15) is 0 Å². The van der Waals surface area contributed by atoms with Gasteiger partial charge < -0.3 is 5.43 Å². The second-order valence-electron chi connectivity index (χ2n) is 2.32. The minimum Gasteiger partial charge on any atom is -0.321 e. The third-order valence-corrected chi connectivity index (χ3v) is 2.03. The summed E-state index contributed by atoms with van der Waals surface area (Å²) >= 11 is 0. The fourth-order valence-corrected chi connectivity index (χ4v) is 1.51. The molecule has 0 aromatic heterocycles. The molecule has 0 bridgehead atoms. The van der Waals surface area contributed by atoms with Crippen molar-refractivity contribution in [3.63, 3.8) is 0 Å². The van der Waals surface area contributed by atoms with Gasteiger partial charge in [0.2, 0.25) is 0 Å². The molecule has 0 saturated carbocycles. The molecule has 0 aliphatic carbocycles. The molecule has 1 fully saturated rings. The first kappa shape index (κ1) is 7.77. The molecule has 1 rings (SSSR count). The highest BCUT2D eigenvalue weighted by Crippen LogP contribution is 2.17. The van der Waals surface area contributed by atoms with Gasteiger partial charge in [0.15, 0.2) is 0 Å². The zero-order chi connectivity index (χ0) is 7.56.